The molecule has 2 aromatic rings. The molecule has 2 amide bonds. The van der Waals surface area contributed by atoms with E-state index in [9.17, 15) is 9.59 Å². The summed E-state index contributed by atoms with van der Waals surface area (Å²) in [4.78, 5) is 31.5. The molecular weight excluding hydrogens is 382 g/mol. The zero-order valence-corrected chi connectivity index (χ0v) is 17.0. The van der Waals surface area contributed by atoms with Crippen LogP contribution in [0.5, 0.6) is 11.5 Å². The molecule has 5 rings (SSSR count). The topological polar surface area (TPSA) is 62.3 Å². The van der Waals surface area contributed by atoms with Gasteiger partial charge < -0.3 is 9.47 Å². The Morgan fingerprint density at radius 2 is 1.77 bits per heavy atom. The van der Waals surface area contributed by atoms with Crippen LogP contribution in [0.15, 0.2) is 42.5 Å². The lowest BCUT2D eigenvalue weighted by Gasteiger charge is -2.37. The lowest BCUT2D eigenvalue weighted by atomic mass is 10.1. The van der Waals surface area contributed by atoms with Gasteiger partial charge >= 0.3 is 0 Å². The summed E-state index contributed by atoms with van der Waals surface area (Å²) in [6.45, 7) is 6.34. The monoisotopic (exact) mass is 407 g/mol. The van der Waals surface area contributed by atoms with E-state index in [1.807, 2.05) is 43.3 Å². The van der Waals surface area contributed by atoms with E-state index in [4.69, 9.17) is 9.47 Å². The summed E-state index contributed by atoms with van der Waals surface area (Å²) in [5.74, 6) is 1.39. The predicted octanol–water partition coefficient (Wildman–Crippen LogP) is 2.17. The van der Waals surface area contributed by atoms with Crippen LogP contribution in [0.4, 0.5) is 5.69 Å². The minimum atomic E-state index is -0.356. The number of nitrogens with zero attached hydrogens (tertiary/aromatic N) is 3. The van der Waals surface area contributed by atoms with Crippen molar-refractivity contribution >= 4 is 17.5 Å². The molecule has 2 aromatic carbocycles. The third kappa shape index (κ3) is 3.55. The fraction of sp³-hybridized carbons (Fsp3) is 0.391. The van der Waals surface area contributed by atoms with Crippen LogP contribution >= 0.6 is 0 Å². The van der Waals surface area contributed by atoms with Crippen molar-refractivity contribution in [3.8, 4) is 11.5 Å². The number of anilines is 1. The average Bonchev–Trinajstić information content (AvgIpc) is 3.32. The number of amides is 2. The summed E-state index contributed by atoms with van der Waals surface area (Å²) < 4.78 is 10.8. The summed E-state index contributed by atoms with van der Waals surface area (Å²) in [7, 11) is 0. The number of aryl methyl sites for hydroxylation is 1. The lowest BCUT2D eigenvalue weighted by molar-refractivity contribution is -0.123. The highest BCUT2D eigenvalue weighted by Crippen LogP contribution is 2.33. The van der Waals surface area contributed by atoms with E-state index in [1.165, 1.54) is 10.5 Å². The molecule has 0 spiro atoms. The van der Waals surface area contributed by atoms with Gasteiger partial charge in [-0.25, -0.2) is 4.90 Å². The number of ether oxygens (including phenoxy) is 2. The van der Waals surface area contributed by atoms with Crippen molar-refractivity contribution in [1.29, 1.82) is 0 Å². The largest absolute Gasteiger partial charge is 0.454 e. The maximum Gasteiger partial charge on any atom is 0.251 e. The van der Waals surface area contributed by atoms with Gasteiger partial charge in [0, 0.05) is 32.7 Å². The van der Waals surface area contributed by atoms with E-state index in [1.54, 1.807) is 0 Å². The van der Waals surface area contributed by atoms with Crippen LogP contribution in [0.2, 0.25) is 0 Å². The molecule has 2 fully saturated rings. The van der Waals surface area contributed by atoms with Crippen LogP contribution in [0, 0.1) is 6.92 Å². The Hall–Kier alpha value is -2.90. The van der Waals surface area contributed by atoms with E-state index in [-0.39, 0.29) is 31.1 Å². The smallest absolute Gasteiger partial charge is 0.251 e. The first kappa shape index (κ1) is 19.1. The number of benzene rings is 2. The van der Waals surface area contributed by atoms with Crippen molar-refractivity contribution in [3.05, 3.63) is 53.6 Å². The normalized spacial score (nSPS) is 22.2. The van der Waals surface area contributed by atoms with Crippen LogP contribution in [-0.2, 0) is 16.1 Å². The molecule has 2 saturated heterocycles. The molecule has 7 heteroatoms. The Bertz CT molecular complexity index is 984. The number of carbonyl (C=O) groups excluding carboxylic acids is 2. The third-order valence-corrected chi connectivity index (χ3v) is 6.07. The fourth-order valence-electron chi connectivity index (χ4n) is 4.47. The fourth-order valence-corrected chi connectivity index (χ4v) is 4.47. The van der Waals surface area contributed by atoms with E-state index in [0.29, 0.717) is 5.69 Å². The summed E-state index contributed by atoms with van der Waals surface area (Å²) in [6, 6.07) is 13.3. The van der Waals surface area contributed by atoms with Crippen LogP contribution in [-0.4, -0.2) is 60.6 Å². The molecular formula is C23H25N3O4. The average molecular weight is 407 g/mol. The quantitative estimate of drug-likeness (QED) is 0.724. The van der Waals surface area contributed by atoms with Gasteiger partial charge in [-0.3, -0.25) is 19.4 Å². The first-order chi connectivity index (χ1) is 14.6. The molecule has 3 aliphatic heterocycles. The van der Waals surface area contributed by atoms with Gasteiger partial charge in [0.05, 0.1) is 18.2 Å². The number of fused-ring (bicyclic) bond motifs is 1. The van der Waals surface area contributed by atoms with Gasteiger partial charge in [0.15, 0.2) is 11.5 Å². The van der Waals surface area contributed by atoms with Gasteiger partial charge in [0.25, 0.3) is 5.91 Å². The van der Waals surface area contributed by atoms with Crippen LogP contribution in [0.1, 0.15) is 17.5 Å². The van der Waals surface area contributed by atoms with Gasteiger partial charge in [0.1, 0.15) is 0 Å². The second-order valence-electron chi connectivity index (χ2n) is 8.13. The molecule has 0 radical (unpaired) electrons. The van der Waals surface area contributed by atoms with E-state index in [2.05, 4.69) is 15.9 Å². The molecule has 0 aromatic heterocycles. The third-order valence-electron chi connectivity index (χ3n) is 6.07. The Labute approximate surface area is 175 Å². The summed E-state index contributed by atoms with van der Waals surface area (Å²) in [6.07, 6.45) is 0.259. The number of rotatable bonds is 4. The molecule has 30 heavy (non-hydrogen) atoms. The second-order valence-corrected chi connectivity index (χ2v) is 8.13. The molecule has 1 atom stereocenters. The second kappa shape index (κ2) is 7.74. The highest BCUT2D eigenvalue weighted by Gasteiger charge is 2.43. The highest BCUT2D eigenvalue weighted by atomic mass is 16.7. The van der Waals surface area contributed by atoms with Crippen molar-refractivity contribution in [2.24, 2.45) is 0 Å². The lowest BCUT2D eigenvalue weighted by Crippen LogP contribution is -2.52. The molecule has 7 nitrogen and oxygen atoms in total. The molecule has 0 unspecified atom stereocenters. The number of imide groups is 1. The predicted molar refractivity (Wildman–Crippen MR) is 111 cm³/mol. The molecule has 156 valence electrons. The number of hydrogen-bond acceptors (Lipinski definition) is 6. The van der Waals surface area contributed by atoms with Gasteiger partial charge in [-0.1, -0.05) is 18.2 Å². The number of carbonyl (C=O) groups is 2. The molecule has 3 aliphatic rings. The zero-order chi connectivity index (χ0) is 20.7. The SMILES string of the molecule is Cc1cccc(N2C(=O)C[C@H](N3CCN(Cc4ccc5c(c4)OCO5)CC3)C2=O)c1. The van der Waals surface area contributed by atoms with Crippen LogP contribution in [0.3, 0.4) is 0 Å². The van der Waals surface area contributed by atoms with E-state index >= 15 is 0 Å². The summed E-state index contributed by atoms with van der Waals surface area (Å²) in [5, 5.41) is 0. The van der Waals surface area contributed by atoms with E-state index in [0.717, 1.165) is 49.8 Å². The van der Waals surface area contributed by atoms with Gasteiger partial charge in [-0.15, -0.1) is 0 Å². The Balaban J connectivity index is 1.20. The maximum atomic E-state index is 13.0. The molecule has 0 aliphatic carbocycles. The maximum absolute atomic E-state index is 13.0. The highest BCUT2D eigenvalue weighted by molar-refractivity contribution is 6.22. The van der Waals surface area contributed by atoms with Crippen molar-refractivity contribution < 1.29 is 19.1 Å². The Morgan fingerprint density at radius 3 is 2.57 bits per heavy atom. The molecule has 3 heterocycles. The molecule has 0 bridgehead atoms. The number of hydrogen-bond donors (Lipinski definition) is 0. The Morgan fingerprint density at radius 1 is 0.967 bits per heavy atom. The molecule has 0 N–H and O–H groups in total. The van der Waals surface area contributed by atoms with E-state index < -0.39 is 0 Å². The summed E-state index contributed by atoms with van der Waals surface area (Å²) >= 11 is 0. The first-order valence-electron chi connectivity index (χ1n) is 10.4. The van der Waals surface area contributed by atoms with Crippen molar-refractivity contribution in [1.82, 2.24) is 9.80 Å². The minimum Gasteiger partial charge on any atom is -0.454 e. The van der Waals surface area contributed by atoms with Crippen LogP contribution in [0.25, 0.3) is 0 Å². The zero-order valence-electron chi connectivity index (χ0n) is 17.0. The van der Waals surface area contributed by atoms with Gasteiger partial charge in [-0.05, 0) is 42.3 Å². The summed E-state index contributed by atoms with van der Waals surface area (Å²) in [5.41, 5.74) is 2.90. The number of piperazine rings is 1. The van der Waals surface area contributed by atoms with Crippen LogP contribution < -0.4 is 14.4 Å². The van der Waals surface area contributed by atoms with Crippen molar-refractivity contribution in [3.63, 3.8) is 0 Å². The van der Waals surface area contributed by atoms with Gasteiger partial charge in [-0.2, -0.15) is 0 Å². The molecule has 0 saturated carbocycles. The Kier molecular flexibility index (Phi) is 4.92. The van der Waals surface area contributed by atoms with Crippen molar-refractivity contribution in [2.75, 3.05) is 37.9 Å². The van der Waals surface area contributed by atoms with Gasteiger partial charge in [0.2, 0.25) is 12.7 Å². The standard InChI is InChI=1S/C23H25N3O4/c1-16-3-2-4-18(11-16)26-22(27)13-19(23(26)28)25-9-7-24(8-10-25)14-17-5-6-20-21(12-17)30-15-29-20/h2-6,11-12,19H,7-10,13-15H2,1H3/t19-/m0/s1. The minimum absolute atomic E-state index is 0.102. The first-order valence-corrected chi connectivity index (χ1v) is 10.4. The van der Waals surface area contributed by atoms with Crippen molar-refractivity contribution in [2.45, 2.75) is 25.9 Å².